The van der Waals surface area contributed by atoms with Crippen molar-refractivity contribution in [1.29, 1.82) is 0 Å². The van der Waals surface area contributed by atoms with Crippen molar-refractivity contribution in [3.8, 4) is 11.8 Å². The predicted molar refractivity (Wildman–Crippen MR) is 135 cm³/mol. The van der Waals surface area contributed by atoms with Gasteiger partial charge in [-0.15, -0.1) is 0 Å². The Balaban J connectivity index is 1.31. The van der Waals surface area contributed by atoms with Crippen molar-refractivity contribution in [2.24, 2.45) is 5.92 Å². The van der Waals surface area contributed by atoms with E-state index in [9.17, 15) is 19.8 Å². The Morgan fingerprint density at radius 2 is 1.28 bits per heavy atom. The standard InChI is InChI=1S/C30H34O6/c1-2-3-4-5-20-8-14-23(15-9-20)24-16-10-21(11-17-24)6-7-22-12-18-25(19-13-22)30-35-26(28(31)32)27(36-30)29(33)34/h10-13,16-20,23,26-27,30H,2-5,8-9,14-15H2,1H3,(H,31,32)(H,33,34)/t20?,23?,26-,27-/m1/s1. The second kappa shape index (κ2) is 12.2. The van der Waals surface area contributed by atoms with E-state index < -0.39 is 30.4 Å². The third-order valence-electron chi connectivity index (χ3n) is 7.28. The Bertz CT molecular complexity index is 1060. The number of aliphatic carboxylic acids is 2. The van der Waals surface area contributed by atoms with Crippen LogP contribution in [-0.4, -0.2) is 34.4 Å². The van der Waals surface area contributed by atoms with Gasteiger partial charge >= 0.3 is 11.9 Å². The van der Waals surface area contributed by atoms with Gasteiger partial charge in [0.05, 0.1) is 0 Å². The summed E-state index contributed by atoms with van der Waals surface area (Å²) in [5, 5.41) is 18.3. The van der Waals surface area contributed by atoms with Crippen LogP contribution in [-0.2, 0) is 19.1 Å². The number of benzene rings is 2. The molecule has 0 radical (unpaired) electrons. The molecule has 0 spiro atoms. The van der Waals surface area contributed by atoms with Gasteiger partial charge in [-0.05, 0) is 67.3 Å². The summed E-state index contributed by atoms with van der Waals surface area (Å²) in [5.41, 5.74) is 3.69. The van der Waals surface area contributed by atoms with Crippen molar-refractivity contribution in [2.75, 3.05) is 0 Å². The highest BCUT2D eigenvalue weighted by Gasteiger charge is 2.46. The third kappa shape index (κ3) is 6.54. The summed E-state index contributed by atoms with van der Waals surface area (Å²) < 4.78 is 10.6. The fourth-order valence-corrected chi connectivity index (χ4v) is 5.15. The van der Waals surface area contributed by atoms with E-state index in [1.807, 2.05) is 0 Å². The molecule has 2 aromatic carbocycles. The SMILES string of the molecule is CCCCCC1CCC(c2ccc(C#Cc3ccc(C4O[C@@H](C(=O)O)[C@H](C(=O)O)O4)cc3)cc2)CC1. The lowest BCUT2D eigenvalue weighted by molar-refractivity contribution is -0.156. The van der Waals surface area contributed by atoms with Crippen molar-refractivity contribution in [2.45, 2.75) is 82.7 Å². The smallest absolute Gasteiger partial charge is 0.336 e. The molecule has 1 aliphatic heterocycles. The second-order valence-corrected chi connectivity index (χ2v) is 9.83. The van der Waals surface area contributed by atoms with Crippen LogP contribution in [0.1, 0.15) is 92.8 Å². The van der Waals surface area contributed by atoms with Crippen molar-refractivity contribution < 1.29 is 29.3 Å². The van der Waals surface area contributed by atoms with Gasteiger partial charge in [-0.2, -0.15) is 0 Å². The Labute approximate surface area is 212 Å². The molecule has 2 fully saturated rings. The molecule has 0 bridgehead atoms. The topological polar surface area (TPSA) is 93.1 Å². The van der Waals surface area contributed by atoms with Gasteiger partial charge in [0.1, 0.15) is 0 Å². The molecule has 0 aromatic heterocycles. The van der Waals surface area contributed by atoms with Gasteiger partial charge in [0.2, 0.25) is 0 Å². The highest BCUT2D eigenvalue weighted by atomic mass is 16.7. The Morgan fingerprint density at radius 3 is 1.75 bits per heavy atom. The van der Waals surface area contributed by atoms with E-state index in [2.05, 4.69) is 43.0 Å². The Kier molecular flexibility index (Phi) is 8.79. The van der Waals surface area contributed by atoms with Gasteiger partial charge < -0.3 is 19.7 Å². The zero-order valence-electron chi connectivity index (χ0n) is 20.7. The molecular formula is C30H34O6. The number of hydrogen-bond acceptors (Lipinski definition) is 4. The number of hydrogen-bond donors (Lipinski definition) is 2. The average Bonchev–Trinajstić information content (AvgIpc) is 3.35. The van der Waals surface area contributed by atoms with Crippen molar-refractivity contribution in [1.82, 2.24) is 0 Å². The van der Waals surface area contributed by atoms with Crippen LogP contribution in [0.15, 0.2) is 48.5 Å². The monoisotopic (exact) mass is 490 g/mol. The molecule has 6 nitrogen and oxygen atoms in total. The maximum absolute atomic E-state index is 11.2. The van der Waals surface area contributed by atoms with Crippen LogP contribution in [0, 0.1) is 17.8 Å². The van der Waals surface area contributed by atoms with Gasteiger partial charge in [0, 0.05) is 16.7 Å². The molecule has 1 heterocycles. The minimum atomic E-state index is -1.55. The lowest BCUT2D eigenvalue weighted by Crippen LogP contribution is -2.36. The summed E-state index contributed by atoms with van der Waals surface area (Å²) in [7, 11) is 0. The molecule has 36 heavy (non-hydrogen) atoms. The third-order valence-corrected chi connectivity index (χ3v) is 7.28. The lowest BCUT2D eigenvalue weighted by atomic mass is 9.77. The molecule has 0 unspecified atom stereocenters. The molecule has 2 atom stereocenters. The quantitative estimate of drug-likeness (QED) is 0.354. The fraction of sp³-hybridized carbons (Fsp3) is 0.467. The molecule has 1 aliphatic carbocycles. The molecule has 1 saturated heterocycles. The molecule has 6 heteroatoms. The normalized spacial score (nSPS) is 24.1. The minimum Gasteiger partial charge on any atom is -0.479 e. The molecule has 4 rings (SSSR count). The Morgan fingerprint density at radius 1 is 0.778 bits per heavy atom. The molecule has 190 valence electrons. The summed E-state index contributed by atoms with van der Waals surface area (Å²) in [6, 6.07) is 15.6. The first kappa shape index (κ1) is 25.9. The number of unbranched alkanes of at least 4 members (excludes halogenated alkanes) is 2. The molecule has 1 saturated carbocycles. The van der Waals surface area contributed by atoms with Gasteiger partial charge in [-0.25, -0.2) is 9.59 Å². The van der Waals surface area contributed by atoms with E-state index in [1.165, 1.54) is 56.9 Å². The summed E-state index contributed by atoms with van der Waals surface area (Å²) in [6.45, 7) is 2.26. The molecule has 0 amide bonds. The van der Waals surface area contributed by atoms with Crippen LogP contribution >= 0.6 is 0 Å². The number of ether oxygens (including phenoxy) is 2. The summed E-state index contributed by atoms with van der Waals surface area (Å²) in [6.07, 6.45) is 6.53. The maximum Gasteiger partial charge on any atom is 0.336 e. The molecule has 2 aromatic rings. The molecule has 2 aliphatic rings. The van der Waals surface area contributed by atoms with Gasteiger partial charge in [-0.1, -0.05) is 68.7 Å². The largest absolute Gasteiger partial charge is 0.479 e. The molecular weight excluding hydrogens is 456 g/mol. The van der Waals surface area contributed by atoms with Gasteiger partial charge in [0.15, 0.2) is 18.5 Å². The number of carbonyl (C=O) groups is 2. The predicted octanol–water partition coefficient (Wildman–Crippen LogP) is 5.89. The zero-order valence-corrected chi connectivity index (χ0v) is 20.7. The van der Waals surface area contributed by atoms with E-state index in [0.29, 0.717) is 11.5 Å². The zero-order chi connectivity index (χ0) is 25.5. The highest BCUT2D eigenvalue weighted by Crippen LogP contribution is 2.38. The van der Waals surface area contributed by atoms with E-state index in [1.54, 1.807) is 24.3 Å². The van der Waals surface area contributed by atoms with Crippen LogP contribution in [0.5, 0.6) is 0 Å². The first-order valence-electron chi connectivity index (χ1n) is 12.9. The fourth-order valence-electron chi connectivity index (χ4n) is 5.15. The van der Waals surface area contributed by atoms with Crippen LogP contribution in [0.25, 0.3) is 0 Å². The summed E-state index contributed by atoms with van der Waals surface area (Å²) in [5.74, 6) is 5.17. The van der Waals surface area contributed by atoms with Crippen molar-refractivity contribution in [3.63, 3.8) is 0 Å². The van der Waals surface area contributed by atoms with Gasteiger partial charge in [-0.3, -0.25) is 0 Å². The lowest BCUT2D eigenvalue weighted by Gasteiger charge is -2.29. The highest BCUT2D eigenvalue weighted by molar-refractivity contribution is 5.84. The average molecular weight is 491 g/mol. The van der Waals surface area contributed by atoms with Crippen LogP contribution in [0.4, 0.5) is 0 Å². The molecule has 2 N–H and O–H groups in total. The number of carboxylic acids is 2. The number of carboxylic acid groups (broad SMARTS) is 2. The first-order chi connectivity index (χ1) is 17.4. The van der Waals surface area contributed by atoms with E-state index in [4.69, 9.17) is 9.47 Å². The van der Waals surface area contributed by atoms with E-state index >= 15 is 0 Å². The van der Waals surface area contributed by atoms with Crippen molar-refractivity contribution >= 4 is 11.9 Å². The minimum absolute atomic E-state index is 0.542. The van der Waals surface area contributed by atoms with Crippen LogP contribution < -0.4 is 0 Å². The van der Waals surface area contributed by atoms with Crippen molar-refractivity contribution in [3.05, 3.63) is 70.8 Å². The van der Waals surface area contributed by atoms with E-state index in [0.717, 1.165) is 17.0 Å². The summed E-state index contributed by atoms with van der Waals surface area (Å²) in [4.78, 5) is 22.5. The van der Waals surface area contributed by atoms with Gasteiger partial charge in [0.25, 0.3) is 0 Å². The number of rotatable bonds is 8. The first-order valence-corrected chi connectivity index (χ1v) is 12.9. The second-order valence-electron chi connectivity index (χ2n) is 9.83. The Hall–Kier alpha value is -3.14. The van der Waals surface area contributed by atoms with E-state index in [-0.39, 0.29) is 0 Å². The maximum atomic E-state index is 11.2. The van der Waals surface area contributed by atoms with Crippen LogP contribution in [0.3, 0.4) is 0 Å². The summed E-state index contributed by atoms with van der Waals surface area (Å²) >= 11 is 0. The van der Waals surface area contributed by atoms with Crippen LogP contribution in [0.2, 0.25) is 0 Å².